The Morgan fingerprint density at radius 1 is 1.38 bits per heavy atom. The van der Waals surface area contributed by atoms with Gasteiger partial charge in [0, 0.05) is 26.2 Å². The van der Waals surface area contributed by atoms with E-state index < -0.39 is 0 Å². The monoisotopic (exact) mass is 287 g/mol. The Kier molecular flexibility index (Phi) is 6.44. The van der Waals surface area contributed by atoms with Crippen LogP contribution in [0.15, 0.2) is 36.4 Å². The second kappa shape index (κ2) is 8.60. The Hall–Kier alpha value is -1.65. The summed E-state index contributed by atoms with van der Waals surface area (Å²) < 4.78 is 0. The Morgan fingerprint density at radius 3 is 2.95 bits per heavy atom. The standard InChI is InChI=1S/C17H25N3O/c18-10-11-19-17(21)16-9-5-13-20(14-16)12-4-8-15-6-2-1-3-7-15/h1-4,6-8,16H,5,9-14,18H2,(H,19,21)/b8-4+. The number of carbonyl (C=O) groups is 1. The molecule has 1 aromatic carbocycles. The van der Waals surface area contributed by atoms with Gasteiger partial charge in [0.2, 0.25) is 5.91 Å². The first-order valence-corrected chi connectivity index (χ1v) is 7.71. The molecule has 2 rings (SSSR count). The molecule has 1 saturated heterocycles. The molecule has 3 N–H and O–H groups in total. The van der Waals surface area contributed by atoms with Crippen LogP contribution < -0.4 is 11.1 Å². The van der Waals surface area contributed by atoms with Gasteiger partial charge in [0.05, 0.1) is 5.92 Å². The van der Waals surface area contributed by atoms with Gasteiger partial charge in [-0.25, -0.2) is 0 Å². The summed E-state index contributed by atoms with van der Waals surface area (Å²) in [5.74, 6) is 0.257. The maximum absolute atomic E-state index is 12.0. The topological polar surface area (TPSA) is 58.4 Å². The Morgan fingerprint density at radius 2 is 2.19 bits per heavy atom. The predicted molar refractivity (Wildman–Crippen MR) is 86.7 cm³/mol. The first kappa shape index (κ1) is 15.7. The summed E-state index contributed by atoms with van der Waals surface area (Å²) in [6.07, 6.45) is 6.38. The fourth-order valence-electron chi connectivity index (χ4n) is 2.68. The molecule has 1 atom stereocenters. The van der Waals surface area contributed by atoms with E-state index in [2.05, 4.69) is 34.5 Å². The van der Waals surface area contributed by atoms with Gasteiger partial charge in [-0.3, -0.25) is 9.69 Å². The van der Waals surface area contributed by atoms with Crippen molar-refractivity contribution in [3.05, 3.63) is 42.0 Å². The van der Waals surface area contributed by atoms with Gasteiger partial charge >= 0.3 is 0 Å². The van der Waals surface area contributed by atoms with Crippen molar-refractivity contribution in [2.45, 2.75) is 12.8 Å². The summed E-state index contributed by atoms with van der Waals surface area (Å²) >= 11 is 0. The second-order valence-electron chi connectivity index (χ2n) is 5.49. The van der Waals surface area contributed by atoms with E-state index in [1.54, 1.807) is 0 Å². The van der Waals surface area contributed by atoms with E-state index in [9.17, 15) is 4.79 Å². The quantitative estimate of drug-likeness (QED) is 0.833. The van der Waals surface area contributed by atoms with Gasteiger partial charge in [0.25, 0.3) is 0 Å². The summed E-state index contributed by atoms with van der Waals surface area (Å²) in [5, 5.41) is 2.90. The minimum absolute atomic E-state index is 0.107. The van der Waals surface area contributed by atoms with Crippen LogP contribution in [0.25, 0.3) is 6.08 Å². The van der Waals surface area contributed by atoms with E-state index in [1.807, 2.05) is 18.2 Å². The van der Waals surface area contributed by atoms with Crippen LogP contribution in [0.2, 0.25) is 0 Å². The number of nitrogens with one attached hydrogen (secondary N) is 1. The van der Waals surface area contributed by atoms with Crippen molar-refractivity contribution in [2.75, 3.05) is 32.7 Å². The molecule has 0 bridgehead atoms. The first-order chi connectivity index (χ1) is 10.3. The number of likely N-dealkylation sites (tertiary alicyclic amines) is 1. The number of nitrogens with zero attached hydrogens (tertiary/aromatic N) is 1. The molecule has 0 aromatic heterocycles. The number of hydrogen-bond acceptors (Lipinski definition) is 3. The third-order valence-electron chi connectivity index (χ3n) is 3.79. The van der Waals surface area contributed by atoms with Crippen LogP contribution in [0.4, 0.5) is 0 Å². The van der Waals surface area contributed by atoms with Crippen LogP contribution in [0, 0.1) is 5.92 Å². The van der Waals surface area contributed by atoms with E-state index in [0.29, 0.717) is 13.1 Å². The van der Waals surface area contributed by atoms with E-state index in [-0.39, 0.29) is 11.8 Å². The van der Waals surface area contributed by atoms with Crippen molar-refractivity contribution < 1.29 is 4.79 Å². The van der Waals surface area contributed by atoms with Crippen LogP contribution in [0.5, 0.6) is 0 Å². The van der Waals surface area contributed by atoms with Crippen molar-refractivity contribution in [1.29, 1.82) is 0 Å². The highest BCUT2D eigenvalue weighted by molar-refractivity contribution is 5.78. The third kappa shape index (κ3) is 5.33. The van der Waals surface area contributed by atoms with Crippen LogP contribution in [-0.2, 0) is 4.79 Å². The highest BCUT2D eigenvalue weighted by atomic mass is 16.1. The summed E-state index contributed by atoms with van der Waals surface area (Å²) in [6, 6.07) is 10.3. The lowest BCUT2D eigenvalue weighted by molar-refractivity contribution is -0.126. The van der Waals surface area contributed by atoms with Crippen LogP contribution in [0.1, 0.15) is 18.4 Å². The molecule has 1 aromatic rings. The Balaban J connectivity index is 1.78. The number of amides is 1. The van der Waals surface area contributed by atoms with Gasteiger partial charge < -0.3 is 11.1 Å². The Bertz CT molecular complexity index is 458. The number of carbonyl (C=O) groups excluding carboxylic acids is 1. The van der Waals surface area contributed by atoms with Gasteiger partial charge in [-0.15, -0.1) is 0 Å². The van der Waals surface area contributed by atoms with Crippen molar-refractivity contribution in [3.63, 3.8) is 0 Å². The number of hydrogen-bond donors (Lipinski definition) is 2. The lowest BCUT2D eigenvalue weighted by atomic mass is 9.97. The van der Waals surface area contributed by atoms with E-state index in [0.717, 1.165) is 32.5 Å². The first-order valence-electron chi connectivity index (χ1n) is 7.71. The normalized spacial score (nSPS) is 19.8. The fraction of sp³-hybridized carbons (Fsp3) is 0.471. The smallest absolute Gasteiger partial charge is 0.224 e. The predicted octanol–water partition coefficient (Wildman–Crippen LogP) is 1.49. The summed E-state index contributed by atoms with van der Waals surface area (Å²) in [5.41, 5.74) is 6.63. The Labute approximate surface area is 127 Å². The molecule has 0 radical (unpaired) electrons. The minimum Gasteiger partial charge on any atom is -0.355 e. The molecule has 1 fully saturated rings. The second-order valence-corrected chi connectivity index (χ2v) is 5.49. The summed E-state index contributed by atoms with van der Waals surface area (Å²) in [4.78, 5) is 14.3. The molecular weight excluding hydrogens is 262 g/mol. The molecule has 114 valence electrons. The van der Waals surface area contributed by atoms with Gasteiger partial charge in [0.1, 0.15) is 0 Å². The lowest BCUT2D eigenvalue weighted by Gasteiger charge is -2.31. The molecule has 4 nitrogen and oxygen atoms in total. The zero-order valence-electron chi connectivity index (χ0n) is 12.5. The lowest BCUT2D eigenvalue weighted by Crippen LogP contribution is -2.44. The van der Waals surface area contributed by atoms with Crippen LogP contribution in [0.3, 0.4) is 0 Å². The van der Waals surface area contributed by atoms with Gasteiger partial charge in [-0.1, -0.05) is 42.5 Å². The SMILES string of the molecule is NCCNC(=O)C1CCCN(C/C=C/c2ccccc2)C1. The summed E-state index contributed by atoms with van der Waals surface area (Å²) in [7, 11) is 0. The maximum Gasteiger partial charge on any atom is 0.224 e. The molecule has 1 amide bonds. The van der Waals surface area contributed by atoms with Crippen LogP contribution >= 0.6 is 0 Å². The number of rotatable bonds is 6. The van der Waals surface area contributed by atoms with Crippen molar-refractivity contribution in [3.8, 4) is 0 Å². The molecule has 1 unspecified atom stereocenters. The molecule has 0 spiro atoms. The molecular formula is C17H25N3O. The van der Waals surface area contributed by atoms with Crippen molar-refractivity contribution in [1.82, 2.24) is 10.2 Å². The average Bonchev–Trinajstić information content (AvgIpc) is 2.54. The number of benzene rings is 1. The minimum atomic E-state index is 0.107. The summed E-state index contributed by atoms with van der Waals surface area (Å²) in [6.45, 7) is 3.89. The molecule has 1 aliphatic heterocycles. The van der Waals surface area contributed by atoms with Crippen LogP contribution in [-0.4, -0.2) is 43.5 Å². The number of piperidine rings is 1. The van der Waals surface area contributed by atoms with Crippen molar-refractivity contribution in [2.24, 2.45) is 11.7 Å². The average molecular weight is 287 g/mol. The molecule has 1 aliphatic rings. The molecule has 21 heavy (non-hydrogen) atoms. The van der Waals surface area contributed by atoms with Gasteiger partial charge in [-0.05, 0) is 24.9 Å². The molecule has 4 heteroatoms. The fourth-order valence-corrected chi connectivity index (χ4v) is 2.68. The van der Waals surface area contributed by atoms with E-state index in [4.69, 9.17) is 5.73 Å². The number of nitrogens with two attached hydrogens (primary N) is 1. The van der Waals surface area contributed by atoms with Gasteiger partial charge in [-0.2, -0.15) is 0 Å². The third-order valence-corrected chi connectivity index (χ3v) is 3.79. The molecule has 1 heterocycles. The highest BCUT2D eigenvalue weighted by Crippen LogP contribution is 2.16. The van der Waals surface area contributed by atoms with E-state index >= 15 is 0 Å². The van der Waals surface area contributed by atoms with E-state index in [1.165, 1.54) is 5.56 Å². The highest BCUT2D eigenvalue weighted by Gasteiger charge is 2.24. The molecule has 0 aliphatic carbocycles. The zero-order chi connectivity index (χ0) is 14.9. The zero-order valence-corrected chi connectivity index (χ0v) is 12.5. The maximum atomic E-state index is 12.0. The van der Waals surface area contributed by atoms with Crippen molar-refractivity contribution >= 4 is 12.0 Å². The molecule has 0 saturated carbocycles. The van der Waals surface area contributed by atoms with Gasteiger partial charge in [0.15, 0.2) is 0 Å². The largest absolute Gasteiger partial charge is 0.355 e.